The Labute approximate surface area is 203 Å². The normalized spacial score (nSPS) is 10.7. The van der Waals surface area contributed by atoms with Gasteiger partial charge in [-0.15, -0.1) is 0 Å². The molecule has 184 valence electrons. The summed E-state index contributed by atoms with van der Waals surface area (Å²) in [5.41, 5.74) is 3.22. The van der Waals surface area contributed by atoms with E-state index in [2.05, 4.69) is 10.5 Å². The lowest BCUT2D eigenvalue weighted by Gasteiger charge is -2.11. The van der Waals surface area contributed by atoms with E-state index in [0.29, 0.717) is 41.7 Å². The summed E-state index contributed by atoms with van der Waals surface area (Å²) in [6, 6.07) is 12.6. The number of aryl methyl sites for hydroxylation is 2. The molecule has 0 atom stereocenters. The number of benzene rings is 2. The van der Waals surface area contributed by atoms with Crippen LogP contribution in [0.15, 0.2) is 53.1 Å². The Kier molecular flexibility index (Phi) is 8.89. The molecule has 9 nitrogen and oxygen atoms in total. The number of carbonyl (C=O) groups excluding carboxylic acids is 2. The summed E-state index contributed by atoms with van der Waals surface area (Å²) < 4.78 is 26.6. The predicted molar refractivity (Wildman–Crippen MR) is 128 cm³/mol. The molecular weight excluding hydrogens is 452 g/mol. The number of nitrogens with zero attached hydrogens (tertiary/aromatic N) is 1. The van der Waals surface area contributed by atoms with Crippen LogP contribution in [0.5, 0.6) is 17.2 Å². The third-order valence-electron chi connectivity index (χ3n) is 5.12. The largest absolute Gasteiger partial charge is 0.497 e. The van der Waals surface area contributed by atoms with E-state index in [-0.39, 0.29) is 6.61 Å². The maximum absolute atomic E-state index is 12.0. The molecule has 9 heteroatoms. The first-order chi connectivity index (χ1) is 16.9. The molecule has 0 fully saturated rings. The van der Waals surface area contributed by atoms with E-state index in [9.17, 15) is 9.59 Å². The summed E-state index contributed by atoms with van der Waals surface area (Å²) >= 11 is 0. The van der Waals surface area contributed by atoms with Crippen molar-refractivity contribution in [3.05, 3.63) is 76.7 Å². The van der Waals surface area contributed by atoms with Gasteiger partial charge >= 0.3 is 5.97 Å². The van der Waals surface area contributed by atoms with E-state index in [1.54, 1.807) is 31.4 Å². The lowest BCUT2D eigenvalue weighted by Crippen LogP contribution is -2.28. The minimum absolute atomic E-state index is 0.291. The van der Waals surface area contributed by atoms with Crippen molar-refractivity contribution in [3.63, 3.8) is 0 Å². The van der Waals surface area contributed by atoms with Gasteiger partial charge in [-0.25, -0.2) is 4.79 Å². The van der Waals surface area contributed by atoms with Crippen molar-refractivity contribution >= 4 is 18.0 Å². The number of rotatable bonds is 11. The highest BCUT2D eigenvalue weighted by Crippen LogP contribution is 2.30. The Balaban J connectivity index is 1.48. The molecule has 0 aliphatic carbocycles. The van der Waals surface area contributed by atoms with E-state index in [1.807, 2.05) is 38.1 Å². The molecule has 1 aromatic heterocycles. The third kappa shape index (κ3) is 7.36. The fraction of sp³-hybridized carbons (Fsp3) is 0.269. The molecule has 3 aromatic rings. The van der Waals surface area contributed by atoms with E-state index in [1.165, 1.54) is 13.2 Å². The molecule has 0 unspecified atom stereocenters. The topological polar surface area (TPSA) is 109 Å². The number of methoxy groups -OCH3 is 2. The minimum atomic E-state index is -0.640. The molecule has 35 heavy (non-hydrogen) atoms. The molecule has 0 saturated carbocycles. The number of ether oxygens (including phenoxy) is 4. The summed E-state index contributed by atoms with van der Waals surface area (Å²) in [6.45, 7) is 3.88. The average Bonchev–Trinajstić information content (AvgIpc) is 3.20. The van der Waals surface area contributed by atoms with Crippen molar-refractivity contribution in [2.45, 2.75) is 27.0 Å². The maximum Gasteiger partial charge on any atom is 0.331 e. The summed E-state index contributed by atoms with van der Waals surface area (Å²) in [7, 11) is 3.11. The van der Waals surface area contributed by atoms with Crippen LogP contribution < -0.4 is 19.5 Å². The van der Waals surface area contributed by atoms with Crippen molar-refractivity contribution in [3.8, 4) is 17.2 Å². The van der Waals surface area contributed by atoms with Crippen molar-refractivity contribution in [1.29, 1.82) is 0 Å². The Bertz CT molecular complexity index is 1180. The lowest BCUT2D eigenvalue weighted by molar-refractivity contribution is -0.143. The van der Waals surface area contributed by atoms with Crippen LogP contribution in [0.3, 0.4) is 0 Å². The van der Waals surface area contributed by atoms with Crippen LogP contribution in [0, 0.1) is 13.8 Å². The molecule has 0 aliphatic rings. The number of carbonyl (C=O) groups is 2. The van der Waals surface area contributed by atoms with Crippen LogP contribution >= 0.6 is 0 Å². The number of hydrogen-bond acceptors (Lipinski definition) is 8. The quantitative estimate of drug-likeness (QED) is 0.326. The van der Waals surface area contributed by atoms with Gasteiger partial charge in [0, 0.05) is 12.6 Å². The summed E-state index contributed by atoms with van der Waals surface area (Å²) in [6.07, 6.45) is 2.81. The van der Waals surface area contributed by atoms with Crippen LogP contribution in [0.1, 0.15) is 28.1 Å². The average molecular weight is 481 g/mol. The van der Waals surface area contributed by atoms with E-state index in [4.69, 9.17) is 23.5 Å². The molecule has 0 spiro atoms. The van der Waals surface area contributed by atoms with Crippen LogP contribution in [0.2, 0.25) is 0 Å². The fourth-order valence-electron chi connectivity index (χ4n) is 3.15. The molecule has 0 radical (unpaired) electrons. The van der Waals surface area contributed by atoms with Gasteiger partial charge in [0.1, 0.15) is 18.1 Å². The van der Waals surface area contributed by atoms with Gasteiger partial charge in [0.15, 0.2) is 18.1 Å². The molecule has 0 aliphatic heterocycles. The molecule has 3 rings (SSSR count). The highest BCUT2D eigenvalue weighted by Gasteiger charge is 2.12. The zero-order valence-corrected chi connectivity index (χ0v) is 20.1. The lowest BCUT2D eigenvalue weighted by atomic mass is 10.2. The Morgan fingerprint density at radius 3 is 2.60 bits per heavy atom. The van der Waals surface area contributed by atoms with Gasteiger partial charge in [-0.3, -0.25) is 4.79 Å². The Morgan fingerprint density at radius 2 is 1.89 bits per heavy atom. The summed E-state index contributed by atoms with van der Waals surface area (Å²) in [4.78, 5) is 24.0. The zero-order valence-electron chi connectivity index (χ0n) is 20.1. The maximum atomic E-state index is 12.0. The van der Waals surface area contributed by atoms with Gasteiger partial charge in [-0.05, 0) is 55.3 Å². The number of nitrogens with one attached hydrogen (secondary N) is 1. The third-order valence-corrected chi connectivity index (χ3v) is 5.12. The Morgan fingerprint density at radius 1 is 1.06 bits per heavy atom. The van der Waals surface area contributed by atoms with Crippen LogP contribution in [0.25, 0.3) is 6.08 Å². The predicted octanol–water partition coefficient (Wildman–Crippen LogP) is 3.76. The fourth-order valence-corrected chi connectivity index (χ4v) is 3.15. The number of aromatic nitrogens is 1. The van der Waals surface area contributed by atoms with Crippen LogP contribution in [0.4, 0.5) is 0 Å². The van der Waals surface area contributed by atoms with Gasteiger partial charge in [0.2, 0.25) is 0 Å². The standard InChI is InChI=1S/C26H28N2O7/c1-17-22(18(2)35-28-17)15-33-23-10-8-19(13-24(23)32-4)9-11-26(30)34-16-25(29)27-14-20-6-5-7-21(12-20)31-3/h5-13H,14-16H2,1-4H3,(H,27,29)/b11-9+. The monoisotopic (exact) mass is 480 g/mol. The van der Waals surface area contributed by atoms with E-state index < -0.39 is 11.9 Å². The van der Waals surface area contributed by atoms with E-state index >= 15 is 0 Å². The van der Waals surface area contributed by atoms with Gasteiger partial charge in [0.05, 0.1) is 25.5 Å². The molecule has 0 bridgehead atoms. The molecule has 1 heterocycles. The molecule has 0 saturated heterocycles. The highest BCUT2D eigenvalue weighted by atomic mass is 16.5. The first-order valence-corrected chi connectivity index (χ1v) is 10.9. The first kappa shape index (κ1) is 25.4. The molecular formula is C26H28N2O7. The SMILES string of the molecule is COc1cccc(CNC(=O)COC(=O)/C=C/c2ccc(OCc3c(C)noc3C)c(OC)c2)c1. The second-order valence-electron chi connectivity index (χ2n) is 7.57. The van der Waals surface area contributed by atoms with Gasteiger partial charge in [-0.1, -0.05) is 23.4 Å². The van der Waals surface area contributed by atoms with Crippen molar-refractivity contribution < 1.29 is 33.1 Å². The molecule has 1 N–H and O–H groups in total. The van der Waals surface area contributed by atoms with Gasteiger partial charge < -0.3 is 28.8 Å². The van der Waals surface area contributed by atoms with Gasteiger partial charge in [-0.2, -0.15) is 0 Å². The second kappa shape index (κ2) is 12.3. The molecule has 1 amide bonds. The van der Waals surface area contributed by atoms with Crippen molar-refractivity contribution in [2.75, 3.05) is 20.8 Å². The van der Waals surface area contributed by atoms with Gasteiger partial charge in [0.25, 0.3) is 5.91 Å². The van der Waals surface area contributed by atoms with E-state index in [0.717, 1.165) is 16.8 Å². The summed E-state index contributed by atoms with van der Waals surface area (Å²) in [5.74, 6) is 1.40. The van der Waals surface area contributed by atoms with Crippen molar-refractivity contribution in [1.82, 2.24) is 10.5 Å². The van der Waals surface area contributed by atoms with Crippen molar-refractivity contribution in [2.24, 2.45) is 0 Å². The zero-order chi connectivity index (χ0) is 25.2. The van der Waals surface area contributed by atoms with Crippen LogP contribution in [-0.4, -0.2) is 37.9 Å². The first-order valence-electron chi connectivity index (χ1n) is 10.9. The molecule has 2 aromatic carbocycles. The minimum Gasteiger partial charge on any atom is -0.497 e. The smallest absolute Gasteiger partial charge is 0.331 e. The second-order valence-corrected chi connectivity index (χ2v) is 7.57. The number of esters is 1. The Hall–Kier alpha value is -4.27. The number of amides is 1. The summed E-state index contributed by atoms with van der Waals surface area (Å²) in [5, 5.41) is 6.61. The van der Waals surface area contributed by atoms with Crippen LogP contribution in [-0.2, 0) is 27.5 Å². The highest BCUT2D eigenvalue weighted by molar-refractivity contribution is 5.89. The number of hydrogen-bond donors (Lipinski definition) is 1.